The first-order valence-corrected chi connectivity index (χ1v) is 10.6. The van der Waals surface area contributed by atoms with Crippen molar-refractivity contribution in [2.24, 2.45) is 0 Å². The highest BCUT2D eigenvalue weighted by Crippen LogP contribution is 2.27. The lowest BCUT2D eigenvalue weighted by Crippen LogP contribution is -2.41. The number of H-pyrrole nitrogens is 1. The van der Waals surface area contributed by atoms with E-state index in [2.05, 4.69) is 4.98 Å². The monoisotopic (exact) mass is 396 g/mol. The highest BCUT2D eigenvalue weighted by molar-refractivity contribution is 7.12. The zero-order valence-corrected chi connectivity index (χ0v) is 16.8. The molecule has 1 N–H and O–H groups in total. The summed E-state index contributed by atoms with van der Waals surface area (Å²) in [5, 5.41) is 2.82. The van der Waals surface area contributed by atoms with Gasteiger partial charge in [-0.25, -0.2) is 0 Å². The van der Waals surface area contributed by atoms with Crippen LogP contribution in [0, 0.1) is 0 Å². The summed E-state index contributed by atoms with van der Waals surface area (Å²) in [5.41, 5.74) is 1.23. The molecule has 4 rings (SSSR count). The fourth-order valence-corrected chi connectivity index (χ4v) is 4.64. The number of pyridine rings is 1. The summed E-state index contributed by atoms with van der Waals surface area (Å²) in [5.74, 6) is 0.760. The van der Waals surface area contributed by atoms with E-state index in [1.807, 2.05) is 46.7 Å². The van der Waals surface area contributed by atoms with Crippen molar-refractivity contribution in [1.82, 2.24) is 9.88 Å². The third-order valence-electron chi connectivity index (χ3n) is 5.48. The number of amides is 1. The lowest BCUT2D eigenvalue weighted by Gasteiger charge is -2.34. The first-order chi connectivity index (χ1) is 13.7. The number of rotatable bonds is 5. The number of carbonyl (C=O) groups is 1. The van der Waals surface area contributed by atoms with Crippen LogP contribution in [0.15, 0.2) is 46.6 Å². The van der Waals surface area contributed by atoms with E-state index in [-0.39, 0.29) is 17.5 Å². The summed E-state index contributed by atoms with van der Waals surface area (Å²) in [6.07, 6.45) is 5.47. The Morgan fingerprint density at radius 2 is 2.04 bits per heavy atom. The molecule has 5 nitrogen and oxygen atoms in total. The summed E-state index contributed by atoms with van der Waals surface area (Å²) >= 11 is 1.45. The third-order valence-corrected chi connectivity index (χ3v) is 6.34. The topological polar surface area (TPSA) is 62.4 Å². The summed E-state index contributed by atoms with van der Waals surface area (Å²) < 4.78 is 5.30. The Labute approximate surface area is 168 Å². The maximum Gasteiger partial charge on any atom is 0.264 e. The van der Waals surface area contributed by atoms with Crippen molar-refractivity contribution in [3.05, 3.63) is 62.6 Å². The number of aromatic amines is 1. The van der Waals surface area contributed by atoms with Crippen LogP contribution < -0.4 is 10.3 Å². The number of carbonyl (C=O) groups excluding carboxylic acids is 1. The zero-order chi connectivity index (χ0) is 19.5. The van der Waals surface area contributed by atoms with E-state index in [9.17, 15) is 9.59 Å². The second-order valence-electron chi connectivity index (χ2n) is 7.28. The molecule has 1 aromatic carbocycles. The number of thiophene rings is 1. The number of aromatic nitrogens is 1. The summed E-state index contributed by atoms with van der Waals surface area (Å²) in [4.78, 5) is 31.5. The Balaban J connectivity index is 1.70. The number of hydrogen-bond donors (Lipinski definition) is 1. The lowest BCUT2D eigenvalue weighted by molar-refractivity contribution is 0.0618. The molecule has 1 aliphatic carbocycles. The molecule has 2 heterocycles. The Kier molecular flexibility index (Phi) is 5.48. The zero-order valence-electron chi connectivity index (χ0n) is 15.9. The largest absolute Gasteiger partial charge is 0.497 e. The van der Waals surface area contributed by atoms with Gasteiger partial charge < -0.3 is 14.6 Å². The first-order valence-electron chi connectivity index (χ1n) is 9.70. The van der Waals surface area contributed by atoms with E-state index in [0.29, 0.717) is 12.1 Å². The number of benzene rings is 1. The predicted molar refractivity (Wildman–Crippen MR) is 112 cm³/mol. The Morgan fingerprint density at radius 1 is 1.21 bits per heavy atom. The van der Waals surface area contributed by atoms with Crippen molar-refractivity contribution in [2.75, 3.05) is 7.11 Å². The standard InChI is InChI=1S/C22H24N2O3S/c1-27-18-9-10-19-15(13-18)12-16(21(25)23-19)14-24(17-6-3-2-4-7-17)22(26)20-8-5-11-28-20/h5,8-13,17H,2-4,6-7,14H2,1H3,(H,23,25). The first kappa shape index (κ1) is 18.7. The molecule has 28 heavy (non-hydrogen) atoms. The minimum atomic E-state index is -0.141. The summed E-state index contributed by atoms with van der Waals surface area (Å²) in [7, 11) is 1.62. The van der Waals surface area contributed by atoms with Crippen molar-refractivity contribution in [2.45, 2.75) is 44.7 Å². The molecule has 3 aromatic rings. The normalized spacial score (nSPS) is 14.9. The molecular weight excluding hydrogens is 372 g/mol. The van der Waals surface area contributed by atoms with Gasteiger partial charge in [0.2, 0.25) is 0 Å². The van der Waals surface area contributed by atoms with Crippen LogP contribution in [-0.4, -0.2) is 28.9 Å². The Bertz CT molecular complexity index is 1020. The highest BCUT2D eigenvalue weighted by atomic mass is 32.1. The smallest absolute Gasteiger partial charge is 0.264 e. The van der Waals surface area contributed by atoms with Crippen LogP contribution >= 0.6 is 11.3 Å². The quantitative estimate of drug-likeness (QED) is 0.687. The van der Waals surface area contributed by atoms with Gasteiger partial charge in [-0.2, -0.15) is 0 Å². The number of fused-ring (bicyclic) bond motifs is 1. The maximum absolute atomic E-state index is 13.2. The van der Waals surface area contributed by atoms with Gasteiger partial charge in [-0.3, -0.25) is 9.59 Å². The average molecular weight is 397 g/mol. The molecule has 0 spiro atoms. The van der Waals surface area contributed by atoms with Crippen LogP contribution in [0.3, 0.4) is 0 Å². The van der Waals surface area contributed by atoms with Gasteiger partial charge in [-0.15, -0.1) is 11.3 Å². The van der Waals surface area contributed by atoms with E-state index >= 15 is 0 Å². The van der Waals surface area contributed by atoms with Crippen molar-refractivity contribution in [3.8, 4) is 5.75 Å². The maximum atomic E-state index is 13.2. The molecule has 0 atom stereocenters. The van der Waals surface area contributed by atoms with Gasteiger partial charge in [0, 0.05) is 22.5 Å². The lowest BCUT2D eigenvalue weighted by atomic mass is 9.93. The number of nitrogens with zero attached hydrogens (tertiary/aromatic N) is 1. The van der Waals surface area contributed by atoms with Crippen LogP contribution in [-0.2, 0) is 6.54 Å². The Morgan fingerprint density at radius 3 is 2.75 bits per heavy atom. The van der Waals surface area contributed by atoms with Crippen molar-refractivity contribution < 1.29 is 9.53 Å². The van der Waals surface area contributed by atoms with E-state index in [1.165, 1.54) is 17.8 Å². The fraction of sp³-hybridized carbons (Fsp3) is 0.364. The van der Waals surface area contributed by atoms with Crippen molar-refractivity contribution in [3.63, 3.8) is 0 Å². The van der Waals surface area contributed by atoms with E-state index in [1.54, 1.807) is 7.11 Å². The second kappa shape index (κ2) is 8.19. The van der Waals surface area contributed by atoms with Gasteiger partial charge in [0.05, 0.1) is 18.5 Å². The molecule has 0 aliphatic heterocycles. The minimum absolute atomic E-state index is 0.0204. The molecule has 146 valence electrons. The van der Waals surface area contributed by atoms with E-state index < -0.39 is 0 Å². The molecule has 0 radical (unpaired) electrons. The number of nitrogens with one attached hydrogen (secondary N) is 1. The molecule has 6 heteroatoms. The van der Waals surface area contributed by atoms with Gasteiger partial charge in [0.15, 0.2) is 0 Å². The van der Waals surface area contributed by atoms with Gasteiger partial charge in [0.1, 0.15) is 5.75 Å². The van der Waals surface area contributed by atoms with Gasteiger partial charge >= 0.3 is 0 Å². The van der Waals surface area contributed by atoms with Gasteiger partial charge in [-0.05, 0) is 48.6 Å². The van der Waals surface area contributed by atoms with Crippen LogP contribution in [0.1, 0.15) is 47.3 Å². The molecule has 0 unspecified atom stereocenters. The van der Waals surface area contributed by atoms with Crippen LogP contribution in [0.5, 0.6) is 5.75 Å². The fourth-order valence-electron chi connectivity index (χ4n) is 3.96. The molecule has 1 saturated carbocycles. The van der Waals surface area contributed by atoms with Crippen LogP contribution in [0.2, 0.25) is 0 Å². The molecule has 1 aliphatic rings. The van der Waals surface area contributed by atoms with Gasteiger partial charge in [0.25, 0.3) is 11.5 Å². The SMILES string of the molecule is COc1ccc2[nH]c(=O)c(CN(C(=O)c3cccs3)C3CCCCC3)cc2c1. The minimum Gasteiger partial charge on any atom is -0.497 e. The molecule has 0 saturated heterocycles. The third kappa shape index (κ3) is 3.83. The summed E-state index contributed by atoms with van der Waals surface area (Å²) in [6, 6.07) is 11.4. The van der Waals surface area contributed by atoms with Crippen LogP contribution in [0.4, 0.5) is 0 Å². The number of methoxy groups -OCH3 is 1. The molecule has 0 bridgehead atoms. The van der Waals surface area contributed by atoms with E-state index in [0.717, 1.165) is 47.2 Å². The molecule has 2 aromatic heterocycles. The number of ether oxygens (including phenoxy) is 1. The van der Waals surface area contributed by atoms with E-state index in [4.69, 9.17) is 4.74 Å². The van der Waals surface area contributed by atoms with Gasteiger partial charge in [-0.1, -0.05) is 25.3 Å². The van der Waals surface area contributed by atoms with Crippen molar-refractivity contribution in [1.29, 1.82) is 0 Å². The average Bonchev–Trinajstić information content (AvgIpc) is 3.27. The molecular formula is C22H24N2O3S. The number of hydrogen-bond acceptors (Lipinski definition) is 4. The van der Waals surface area contributed by atoms with Crippen LogP contribution in [0.25, 0.3) is 10.9 Å². The summed E-state index contributed by atoms with van der Waals surface area (Å²) in [6.45, 7) is 0.323. The molecule has 1 fully saturated rings. The highest BCUT2D eigenvalue weighted by Gasteiger charge is 2.27. The Hall–Kier alpha value is -2.60. The van der Waals surface area contributed by atoms with Crippen molar-refractivity contribution >= 4 is 28.1 Å². The predicted octanol–water partition coefficient (Wildman–Crippen LogP) is 4.57. The second-order valence-corrected chi connectivity index (χ2v) is 8.23. The molecule has 1 amide bonds.